The van der Waals surface area contributed by atoms with Crippen LogP contribution in [0, 0.1) is 0 Å². The molecular weight excluding hydrogens is 278 g/mol. The predicted octanol–water partition coefficient (Wildman–Crippen LogP) is 1.95. The molecule has 6 nitrogen and oxygen atoms in total. The molecule has 0 aromatic carbocycles. The van der Waals surface area contributed by atoms with Gasteiger partial charge >= 0.3 is 0 Å². The molecular formula is C13H18ClN5O. The number of rotatable bonds is 1. The van der Waals surface area contributed by atoms with E-state index in [-0.39, 0.29) is 11.6 Å². The van der Waals surface area contributed by atoms with Gasteiger partial charge in [-0.3, -0.25) is 4.90 Å². The van der Waals surface area contributed by atoms with Crippen molar-refractivity contribution in [3.05, 3.63) is 22.8 Å². The summed E-state index contributed by atoms with van der Waals surface area (Å²) in [6, 6.07) is 3.81. The molecule has 0 radical (unpaired) electrons. The molecule has 0 amide bonds. The van der Waals surface area contributed by atoms with E-state index in [2.05, 4.69) is 41.2 Å². The van der Waals surface area contributed by atoms with Crippen LogP contribution in [-0.2, 0) is 4.74 Å². The van der Waals surface area contributed by atoms with E-state index in [1.165, 1.54) is 4.52 Å². The molecule has 7 heteroatoms. The van der Waals surface area contributed by atoms with E-state index >= 15 is 0 Å². The molecule has 0 aliphatic carbocycles. The lowest BCUT2D eigenvalue weighted by Gasteiger charge is -2.41. The Balaban J connectivity index is 1.92. The highest BCUT2D eigenvalue weighted by molar-refractivity contribution is 6.30. The van der Waals surface area contributed by atoms with Gasteiger partial charge in [0.25, 0.3) is 0 Å². The van der Waals surface area contributed by atoms with Gasteiger partial charge in [-0.25, -0.2) is 0 Å². The summed E-state index contributed by atoms with van der Waals surface area (Å²) in [4.78, 5) is 2.40. The van der Waals surface area contributed by atoms with E-state index < -0.39 is 0 Å². The second kappa shape index (κ2) is 4.95. The molecule has 3 heterocycles. The lowest BCUT2D eigenvalue weighted by molar-refractivity contribution is -0.0597. The van der Waals surface area contributed by atoms with E-state index in [1.807, 2.05) is 12.1 Å². The van der Waals surface area contributed by atoms with Gasteiger partial charge in [-0.05, 0) is 43.3 Å². The first kappa shape index (κ1) is 13.7. The number of halogens is 1. The maximum absolute atomic E-state index is 6.40. The van der Waals surface area contributed by atoms with Crippen molar-refractivity contribution >= 4 is 17.2 Å². The summed E-state index contributed by atoms with van der Waals surface area (Å²) in [5.74, 6) is 0. The largest absolute Gasteiger partial charge is 0.371 e. The minimum atomic E-state index is -0.0518. The van der Waals surface area contributed by atoms with Crippen LogP contribution in [0.5, 0.6) is 0 Å². The van der Waals surface area contributed by atoms with Crippen LogP contribution in [0.15, 0.2) is 12.1 Å². The number of nitrogens with zero attached hydrogens (tertiary/aromatic N) is 5. The predicted molar refractivity (Wildman–Crippen MR) is 75.8 cm³/mol. The summed E-state index contributed by atoms with van der Waals surface area (Å²) in [6.07, 6.45) is -0.0518. The summed E-state index contributed by atoms with van der Waals surface area (Å²) in [5, 5.41) is 11.9. The average molecular weight is 296 g/mol. The molecule has 2 aromatic rings. The molecule has 0 bridgehead atoms. The molecule has 20 heavy (non-hydrogen) atoms. The molecule has 1 unspecified atom stereocenters. The first-order valence-corrected chi connectivity index (χ1v) is 7.08. The van der Waals surface area contributed by atoms with E-state index in [0.717, 1.165) is 18.7 Å². The van der Waals surface area contributed by atoms with Gasteiger partial charge in [0.2, 0.25) is 0 Å². The standard InChI is InChI=1S/C13H18ClN5O/c1-13(2,3)18-6-7-20-10(8-18)9-4-5-11-15-16-17-19(11)12(9)14/h4-5,10H,6-8H2,1-3H3. The van der Waals surface area contributed by atoms with E-state index in [9.17, 15) is 0 Å². The molecule has 1 aliphatic rings. The van der Waals surface area contributed by atoms with Crippen LogP contribution in [-0.4, -0.2) is 50.2 Å². The summed E-state index contributed by atoms with van der Waals surface area (Å²) in [5.41, 5.74) is 1.69. The van der Waals surface area contributed by atoms with Gasteiger partial charge in [0.1, 0.15) is 5.15 Å². The van der Waals surface area contributed by atoms with Crippen molar-refractivity contribution in [3.8, 4) is 0 Å². The Hall–Kier alpha value is -1.24. The van der Waals surface area contributed by atoms with Gasteiger partial charge in [-0.1, -0.05) is 11.6 Å². The van der Waals surface area contributed by atoms with Gasteiger partial charge < -0.3 is 4.74 Å². The highest BCUT2D eigenvalue weighted by Crippen LogP contribution is 2.31. The minimum absolute atomic E-state index is 0.0518. The Kier molecular flexibility index (Phi) is 3.40. The van der Waals surface area contributed by atoms with Crippen molar-refractivity contribution in [1.82, 2.24) is 24.9 Å². The Morgan fingerprint density at radius 2 is 2.15 bits per heavy atom. The number of morpholine rings is 1. The van der Waals surface area contributed by atoms with Crippen LogP contribution in [0.1, 0.15) is 32.4 Å². The molecule has 108 valence electrons. The van der Waals surface area contributed by atoms with Crippen LogP contribution in [0.25, 0.3) is 5.65 Å². The maximum atomic E-state index is 6.40. The van der Waals surface area contributed by atoms with Crippen molar-refractivity contribution in [1.29, 1.82) is 0 Å². The summed E-state index contributed by atoms with van der Waals surface area (Å²) >= 11 is 6.40. The van der Waals surface area contributed by atoms with E-state index in [0.29, 0.717) is 17.4 Å². The van der Waals surface area contributed by atoms with Crippen LogP contribution >= 0.6 is 11.6 Å². The third-order valence-electron chi connectivity index (χ3n) is 3.69. The Morgan fingerprint density at radius 3 is 2.90 bits per heavy atom. The first-order chi connectivity index (χ1) is 9.47. The zero-order chi connectivity index (χ0) is 14.3. The molecule has 1 fully saturated rings. The Morgan fingerprint density at radius 1 is 1.35 bits per heavy atom. The fourth-order valence-corrected chi connectivity index (χ4v) is 2.79. The van der Waals surface area contributed by atoms with Crippen molar-refractivity contribution in [2.45, 2.75) is 32.4 Å². The number of aromatic nitrogens is 4. The van der Waals surface area contributed by atoms with Crippen molar-refractivity contribution < 1.29 is 4.74 Å². The molecule has 2 aromatic heterocycles. The van der Waals surface area contributed by atoms with Crippen molar-refractivity contribution in [3.63, 3.8) is 0 Å². The average Bonchev–Trinajstić information content (AvgIpc) is 2.87. The van der Waals surface area contributed by atoms with Gasteiger partial charge in [0.15, 0.2) is 5.65 Å². The van der Waals surface area contributed by atoms with Crippen LogP contribution in [0.2, 0.25) is 5.15 Å². The summed E-state index contributed by atoms with van der Waals surface area (Å²) < 4.78 is 7.43. The van der Waals surface area contributed by atoms with Gasteiger partial charge in [0.05, 0.1) is 12.7 Å². The van der Waals surface area contributed by atoms with Gasteiger partial charge in [-0.15, -0.1) is 5.10 Å². The second-order valence-corrected chi connectivity index (χ2v) is 6.36. The Labute approximate surface area is 122 Å². The SMILES string of the molecule is CC(C)(C)N1CCOC(c2ccc3nnnn3c2Cl)C1. The number of pyridine rings is 1. The van der Waals surface area contributed by atoms with E-state index in [4.69, 9.17) is 16.3 Å². The molecule has 0 spiro atoms. The second-order valence-electron chi connectivity index (χ2n) is 6.00. The van der Waals surface area contributed by atoms with Crippen molar-refractivity contribution in [2.24, 2.45) is 0 Å². The van der Waals surface area contributed by atoms with E-state index in [1.54, 1.807) is 0 Å². The smallest absolute Gasteiger partial charge is 0.180 e. The molecule has 1 atom stereocenters. The zero-order valence-corrected chi connectivity index (χ0v) is 12.6. The lowest BCUT2D eigenvalue weighted by atomic mass is 10.0. The van der Waals surface area contributed by atoms with Crippen LogP contribution in [0.4, 0.5) is 0 Å². The van der Waals surface area contributed by atoms with Crippen molar-refractivity contribution in [2.75, 3.05) is 19.7 Å². The minimum Gasteiger partial charge on any atom is -0.371 e. The number of hydrogen-bond acceptors (Lipinski definition) is 5. The molecule has 0 saturated carbocycles. The van der Waals surface area contributed by atoms with Gasteiger partial charge in [-0.2, -0.15) is 4.52 Å². The number of ether oxygens (including phenoxy) is 1. The molecule has 3 rings (SSSR count). The maximum Gasteiger partial charge on any atom is 0.180 e. The number of tetrazole rings is 1. The zero-order valence-electron chi connectivity index (χ0n) is 11.9. The topological polar surface area (TPSA) is 55.5 Å². The van der Waals surface area contributed by atoms with Crippen LogP contribution in [0.3, 0.4) is 0 Å². The highest BCUT2D eigenvalue weighted by atomic mass is 35.5. The quantitative estimate of drug-likeness (QED) is 0.753. The third kappa shape index (κ3) is 2.39. The first-order valence-electron chi connectivity index (χ1n) is 6.70. The normalized spacial score (nSPS) is 21.5. The Bertz CT molecular complexity index is 621. The molecule has 1 saturated heterocycles. The number of hydrogen-bond donors (Lipinski definition) is 0. The molecule has 0 N–H and O–H groups in total. The monoisotopic (exact) mass is 295 g/mol. The summed E-state index contributed by atoms with van der Waals surface area (Å²) in [6.45, 7) is 9.08. The van der Waals surface area contributed by atoms with Gasteiger partial charge in [0, 0.05) is 24.2 Å². The highest BCUT2D eigenvalue weighted by Gasteiger charge is 2.30. The fraction of sp³-hybridized carbons (Fsp3) is 0.615. The third-order valence-corrected chi connectivity index (χ3v) is 4.07. The fourth-order valence-electron chi connectivity index (χ4n) is 2.48. The number of fused-ring (bicyclic) bond motifs is 1. The summed E-state index contributed by atoms with van der Waals surface area (Å²) in [7, 11) is 0. The molecule has 1 aliphatic heterocycles. The lowest BCUT2D eigenvalue weighted by Crippen LogP contribution is -2.49. The van der Waals surface area contributed by atoms with Crippen LogP contribution < -0.4 is 0 Å².